The van der Waals surface area contributed by atoms with Crippen molar-refractivity contribution >= 4 is 39.7 Å². The lowest BCUT2D eigenvalue weighted by Crippen LogP contribution is -2.39. The molecule has 2 aliphatic rings. The zero-order valence-electron chi connectivity index (χ0n) is 14.0. The maximum atomic E-state index is 12.7. The third-order valence-corrected chi connectivity index (χ3v) is 6.76. The molecule has 0 aliphatic carbocycles. The van der Waals surface area contributed by atoms with Gasteiger partial charge >= 0.3 is 6.09 Å². The predicted molar refractivity (Wildman–Crippen MR) is 98.3 cm³/mol. The van der Waals surface area contributed by atoms with Crippen molar-refractivity contribution in [2.45, 2.75) is 33.0 Å². The summed E-state index contributed by atoms with van der Waals surface area (Å²) in [7, 11) is 0. The van der Waals surface area contributed by atoms with E-state index in [-0.39, 0.29) is 18.2 Å². The van der Waals surface area contributed by atoms with E-state index in [4.69, 9.17) is 4.74 Å². The van der Waals surface area contributed by atoms with Crippen LogP contribution in [-0.2, 0) is 17.7 Å². The van der Waals surface area contributed by atoms with Crippen LogP contribution in [0.5, 0.6) is 0 Å². The Bertz CT molecular complexity index is 842. The highest BCUT2D eigenvalue weighted by Gasteiger charge is 2.35. The molecular formula is C17H19N3O3S2. The van der Waals surface area contributed by atoms with Crippen molar-refractivity contribution in [1.82, 2.24) is 10.2 Å². The van der Waals surface area contributed by atoms with Gasteiger partial charge in [-0.1, -0.05) is 0 Å². The fraction of sp³-hybridized carbons (Fsp3) is 0.412. The van der Waals surface area contributed by atoms with Crippen LogP contribution in [0, 0.1) is 6.92 Å². The Labute approximate surface area is 153 Å². The predicted octanol–water partition coefficient (Wildman–Crippen LogP) is 3.49. The standard InChI is InChI=1S/C17H19N3O3S2/c1-3-23-17(22)20-6-4-10-11(8-20)25-16-12(10)15(21)18-14(19-16)13-9(2)5-7-24-13/h5,7,14,19H,3-4,6,8H2,1-2H3,(H,18,21)/t14-/m0/s1. The highest BCUT2D eigenvalue weighted by atomic mass is 32.1. The van der Waals surface area contributed by atoms with Crippen LogP contribution < -0.4 is 10.6 Å². The van der Waals surface area contributed by atoms with E-state index < -0.39 is 0 Å². The van der Waals surface area contributed by atoms with Crippen LogP contribution in [0.4, 0.5) is 9.80 Å². The molecule has 2 aromatic rings. The van der Waals surface area contributed by atoms with Gasteiger partial charge in [-0.15, -0.1) is 22.7 Å². The van der Waals surface area contributed by atoms with Crippen LogP contribution in [0.15, 0.2) is 11.4 Å². The van der Waals surface area contributed by atoms with Crippen LogP contribution in [0.1, 0.15) is 44.3 Å². The van der Waals surface area contributed by atoms with Crippen LogP contribution in [-0.4, -0.2) is 30.1 Å². The first-order chi connectivity index (χ1) is 12.1. The third kappa shape index (κ3) is 2.79. The maximum absolute atomic E-state index is 12.7. The van der Waals surface area contributed by atoms with E-state index in [0.717, 1.165) is 25.9 Å². The highest BCUT2D eigenvalue weighted by Crippen LogP contribution is 2.41. The molecule has 6 nitrogen and oxygen atoms in total. The third-order valence-electron chi connectivity index (χ3n) is 4.52. The number of fused-ring (bicyclic) bond motifs is 3. The summed E-state index contributed by atoms with van der Waals surface area (Å²) >= 11 is 3.21. The van der Waals surface area contributed by atoms with E-state index in [9.17, 15) is 9.59 Å². The van der Waals surface area contributed by atoms with Gasteiger partial charge in [-0.2, -0.15) is 0 Å². The molecule has 0 spiro atoms. The Morgan fingerprint density at radius 1 is 1.44 bits per heavy atom. The number of anilines is 1. The summed E-state index contributed by atoms with van der Waals surface area (Å²) in [6.07, 6.45) is 0.197. The first-order valence-corrected chi connectivity index (χ1v) is 9.95. The maximum Gasteiger partial charge on any atom is 0.410 e. The van der Waals surface area contributed by atoms with Gasteiger partial charge in [0.1, 0.15) is 11.2 Å². The van der Waals surface area contributed by atoms with Crippen LogP contribution in [0.25, 0.3) is 0 Å². The lowest BCUT2D eigenvalue weighted by molar-refractivity contribution is 0.0934. The molecule has 1 atom stereocenters. The van der Waals surface area contributed by atoms with E-state index in [1.54, 1.807) is 34.5 Å². The van der Waals surface area contributed by atoms with Gasteiger partial charge in [-0.25, -0.2) is 4.79 Å². The minimum atomic E-state index is -0.288. The molecule has 2 aliphatic heterocycles. The fourth-order valence-corrected chi connectivity index (χ4v) is 5.51. The Morgan fingerprint density at radius 3 is 3.00 bits per heavy atom. The van der Waals surface area contributed by atoms with Crippen molar-refractivity contribution in [2.75, 3.05) is 18.5 Å². The summed E-state index contributed by atoms with van der Waals surface area (Å²) in [6.45, 7) is 5.30. The number of carbonyl (C=O) groups excluding carboxylic acids is 2. The highest BCUT2D eigenvalue weighted by molar-refractivity contribution is 7.16. The fourth-order valence-electron chi connectivity index (χ4n) is 3.30. The smallest absolute Gasteiger partial charge is 0.410 e. The average Bonchev–Trinajstić information content (AvgIpc) is 3.17. The molecule has 0 saturated carbocycles. The van der Waals surface area contributed by atoms with Gasteiger partial charge < -0.3 is 20.3 Å². The van der Waals surface area contributed by atoms with E-state index in [2.05, 4.69) is 16.7 Å². The number of rotatable bonds is 2. The molecule has 4 rings (SSSR count). The zero-order chi connectivity index (χ0) is 17.6. The second-order valence-electron chi connectivity index (χ2n) is 6.10. The molecule has 0 aromatic carbocycles. The molecule has 0 unspecified atom stereocenters. The van der Waals surface area contributed by atoms with Gasteiger partial charge in [0.2, 0.25) is 0 Å². The lowest BCUT2D eigenvalue weighted by Gasteiger charge is -2.28. The van der Waals surface area contributed by atoms with Crippen molar-refractivity contribution in [2.24, 2.45) is 0 Å². The van der Waals surface area contributed by atoms with E-state index in [1.165, 1.54) is 5.56 Å². The van der Waals surface area contributed by atoms with Gasteiger partial charge in [0, 0.05) is 16.3 Å². The molecule has 0 radical (unpaired) electrons. The van der Waals surface area contributed by atoms with E-state index >= 15 is 0 Å². The number of carbonyl (C=O) groups is 2. The topological polar surface area (TPSA) is 70.7 Å². The minimum absolute atomic E-state index is 0.0337. The van der Waals surface area contributed by atoms with Crippen molar-refractivity contribution in [1.29, 1.82) is 0 Å². The summed E-state index contributed by atoms with van der Waals surface area (Å²) < 4.78 is 5.10. The Hall–Kier alpha value is -2.06. The molecular weight excluding hydrogens is 358 g/mol. The molecule has 0 saturated heterocycles. The van der Waals surface area contributed by atoms with Crippen molar-refractivity contribution in [3.63, 3.8) is 0 Å². The Balaban J connectivity index is 1.61. The lowest BCUT2D eigenvalue weighted by atomic mass is 10.0. The Kier molecular flexibility index (Phi) is 4.16. The van der Waals surface area contributed by atoms with Crippen molar-refractivity contribution in [3.8, 4) is 0 Å². The van der Waals surface area contributed by atoms with Gasteiger partial charge in [0.25, 0.3) is 5.91 Å². The minimum Gasteiger partial charge on any atom is -0.450 e. The van der Waals surface area contributed by atoms with Crippen LogP contribution in [0.2, 0.25) is 0 Å². The molecule has 0 bridgehead atoms. The van der Waals surface area contributed by atoms with Gasteiger partial charge in [0.05, 0.1) is 18.7 Å². The van der Waals surface area contributed by atoms with Gasteiger partial charge in [-0.05, 0) is 42.8 Å². The summed E-state index contributed by atoms with van der Waals surface area (Å²) in [5.41, 5.74) is 2.97. The SMILES string of the molecule is CCOC(=O)N1CCc2c(sc3c2C(=O)N[C@H](c2sccc2C)N3)C1. The van der Waals surface area contributed by atoms with Gasteiger partial charge in [-0.3, -0.25) is 4.79 Å². The molecule has 8 heteroatoms. The number of thiophene rings is 2. The number of hydrogen-bond donors (Lipinski definition) is 2. The van der Waals surface area contributed by atoms with E-state index in [1.807, 2.05) is 12.3 Å². The quantitative estimate of drug-likeness (QED) is 0.840. The summed E-state index contributed by atoms with van der Waals surface area (Å²) in [5.74, 6) is -0.0337. The van der Waals surface area contributed by atoms with Crippen molar-refractivity contribution < 1.29 is 14.3 Å². The number of amides is 2. The number of nitrogens with zero attached hydrogens (tertiary/aromatic N) is 1. The Morgan fingerprint density at radius 2 is 2.28 bits per heavy atom. The van der Waals surface area contributed by atoms with Crippen LogP contribution >= 0.6 is 22.7 Å². The molecule has 0 fully saturated rings. The first-order valence-electron chi connectivity index (χ1n) is 8.26. The average molecular weight is 377 g/mol. The second kappa shape index (κ2) is 6.34. The number of aryl methyl sites for hydroxylation is 1. The summed E-state index contributed by atoms with van der Waals surface area (Å²) in [4.78, 5) is 28.6. The molecule has 25 heavy (non-hydrogen) atoms. The van der Waals surface area contributed by atoms with Gasteiger partial charge in [0.15, 0.2) is 0 Å². The number of hydrogen-bond acceptors (Lipinski definition) is 6. The molecule has 2 aromatic heterocycles. The zero-order valence-corrected chi connectivity index (χ0v) is 15.7. The van der Waals surface area contributed by atoms with Crippen LogP contribution in [0.3, 0.4) is 0 Å². The normalized spacial score (nSPS) is 18.9. The van der Waals surface area contributed by atoms with E-state index in [0.29, 0.717) is 26.1 Å². The number of nitrogens with one attached hydrogen (secondary N) is 2. The first kappa shape index (κ1) is 16.4. The number of ether oxygens (including phenoxy) is 1. The summed E-state index contributed by atoms with van der Waals surface area (Å²) in [6, 6.07) is 2.06. The monoisotopic (exact) mass is 377 g/mol. The molecule has 4 heterocycles. The molecule has 2 amide bonds. The largest absolute Gasteiger partial charge is 0.450 e. The van der Waals surface area contributed by atoms with Crippen molar-refractivity contribution in [3.05, 3.63) is 37.9 Å². The molecule has 2 N–H and O–H groups in total. The summed E-state index contributed by atoms with van der Waals surface area (Å²) in [5, 5.41) is 9.46. The second-order valence-corrected chi connectivity index (χ2v) is 8.15. The molecule has 132 valence electrons.